The molecule has 0 spiro atoms. The number of amides is 1. The van der Waals surface area contributed by atoms with E-state index in [9.17, 15) is 9.59 Å². The summed E-state index contributed by atoms with van der Waals surface area (Å²) in [6, 6.07) is 16.0. The number of para-hydroxylation sites is 1. The summed E-state index contributed by atoms with van der Waals surface area (Å²) < 4.78 is 5.19. The fourth-order valence-corrected chi connectivity index (χ4v) is 3.15. The van der Waals surface area contributed by atoms with E-state index in [2.05, 4.69) is 17.6 Å². The van der Waals surface area contributed by atoms with Crippen molar-refractivity contribution in [2.24, 2.45) is 0 Å². The quantitative estimate of drug-likeness (QED) is 0.365. The molecule has 0 aromatic heterocycles. The highest BCUT2D eigenvalue weighted by Gasteiger charge is 2.11. The molecule has 0 aliphatic heterocycles. The van der Waals surface area contributed by atoms with Crippen LogP contribution in [0.1, 0.15) is 42.9 Å². The highest BCUT2D eigenvalue weighted by molar-refractivity contribution is 7.80. The number of ether oxygens (including phenoxy) is 1. The molecule has 0 atom stereocenters. The number of hydrogen-bond acceptors (Lipinski definition) is 4. The lowest BCUT2D eigenvalue weighted by molar-refractivity contribution is -0.145. The van der Waals surface area contributed by atoms with Crippen LogP contribution in [0.5, 0.6) is 0 Å². The summed E-state index contributed by atoms with van der Waals surface area (Å²) >= 11 is 5.23. The van der Waals surface area contributed by atoms with Crippen molar-refractivity contribution in [2.45, 2.75) is 46.0 Å². The standard InChI is InChI=1S/C23H28N2O3S/c1-3-19-13-7-9-17(2)22(19)25-23(29)24-20(26)14-15-21(27)28-16-8-12-18-10-5-4-6-11-18/h4-7,9-11,13H,3,8,12,14-16H2,1-2H3,(H2,24,25,26,29). The van der Waals surface area contributed by atoms with Gasteiger partial charge < -0.3 is 15.4 Å². The molecule has 2 aromatic rings. The van der Waals surface area contributed by atoms with Crippen molar-refractivity contribution < 1.29 is 14.3 Å². The van der Waals surface area contributed by atoms with Crippen molar-refractivity contribution in [1.29, 1.82) is 0 Å². The van der Waals surface area contributed by atoms with Gasteiger partial charge in [0, 0.05) is 12.1 Å². The van der Waals surface area contributed by atoms with Crippen molar-refractivity contribution in [2.75, 3.05) is 11.9 Å². The first-order chi connectivity index (χ1) is 14.0. The van der Waals surface area contributed by atoms with Crippen LogP contribution in [0.4, 0.5) is 5.69 Å². The van der Waals surface area contributed by atoms with E-state index in [1.165, 1.54) is 5.56 Å². The predicted octanol–water partition coefficient (Wildman–Crippen LogP) is 4.33. The summed E-state index contributed by atoms with van der Waals surface area (Å²) in [5.74, 6) is -0.686. The number of carbonyl (C=O) groups excluding carboxylic acids is 2. The Morgan fingerprint density at radius 2 is 1.79 bits per heavy atom. The van der Waals surface area contributed by atoms with Gasteiger partial charge in [-0.1, -0.05) is 55.5 Å². The highest BCUT2D eigenvalue weighted by Crippen LogP contribution is 2.20. The molecular formula is C23H28N2O3S. The van der Waals surface area contributed by atoms with Crippen LogP contribution in [0.2, 0.25) is 0 Å². The molecule has 2 aromatic carbocycles. The number of hydrogen-bond donors (Lipinski definition) is 2. The van der Waals surface area contributed by atoms with Crippen molar-refractivity contribution in [1.82, 2.24) is 5.32 Å². The van der Waals surface area contributed by atoms with Gasteiger partial charge in [-0.05, 0) is 55.1 Å². The lowest BCUT2D eigenvalue weighted by atomic mass is 10.1. The first-order valence-electron chi connectivity index (χ1n) is 9.88. The largest absolute Gasteiger partial charge is 0.466 e. The Morgan fingerprint density at radius 3 is 2.52 bits per heavy atom. The van der Waals surface area contributed by atoms with Crippen LogP contribution in [0, 0.1) is 6.92 Å². The number of aryl methyl sites for hydroxylation is 3. The van der Waals surface area contributed by atoms with Crippen LogP contribution in [0.15, 0.2) is 48.5 Å². The van der Waals surface area contributed by atoms with Gasteiger partial charge in [0.05, 0.1) is 13.0 Å². The number of benzene rings is 2. The number of rotatable bonds is 9. The summed E-state index contributed by atoms with van der Waals surface area (Å²) in [5, 5.41) is 5.95. The van der Waals surface area contributed by atoms with Crippen LogP contribution in [0.3, 0.4) is 0 Å². The van der Waals surface area contributed by atoms with E-state index in [0.29, 0.717) is 6.61 Å². The fraction of sp³-hybridized carbons (Fsp3) is 0.348. The van der Waals surface area contributed by atoms with Gasteiger partial charge in [-0.3, -0.25) is 9.59 Å². The van der Waals surface area contributed by atoms with E-state index < -0.39 is 0 Å². The summed E-state index contributed by atoms with van der Waals surface area (Å²) in [4.78, 5) is 23.9. The molecule has 2 rings (SSSR count). The van der Waals surface area contributed by atoms with Gasteiger partial charge in [-0.15, -0.1) is 0 Å². The molecular weight excluding hydrogens is 384 g/mol. The zero-order chi connectivity index (χ0) is 21.1. The van der Waals surface area contributed by atoms with E-state index >= 15 is 0 Å². The van der Waals surface area contributed by atoms with Crippen molar-refractivity contribution in [3.05, 3.63) is 65.2 Å². The smallest absolute Gasteiger partial charge is 0.306 e. The molecule has 2 N–H and O–H groups in total. The summed E-state index contributed by atoms with van der Waals surface area (Å²) in [5.41, 5.74) is 4.31. The minimum Gasteiger partial charge on any atom is -0.466 e. The molecule has 0 aliphatic rings. The topological polar surface area (TPSA) is 67.4 Å². The summed E-state index contributed by atoms with van der Waals surface area (Å²) in [6.07, 6.45) is 2.54. The van der Waals surface area contributed by atoms with E-state index in [-0.39, 0.29) is 29.8 Å². The average molecular weight is 413 g/mol. The lowest BCUT2D eigenvalue weighted by Gasteiger charge is -2.15. The zero-order valence-electron chi connectivity index (χ0n) is 17.0. The minimum atomic E-state index is -0.376. The maximum Gasteiger partial charge on any atom is 0.306 e. The second kappa shape index (κ2) is 12.0. The van der Waals surface area contributed by atoms with Crippen molar-refractivity contribution in [3.8, 4) is 0 Å². The van der Waals surface area contributed by atoms with Crippen molar-refractivity contribution >= 4 is 34.9 Å². The second-order valence-corrected chi connectivity index (χ2v) is 7.18. The van der Waals surface area contributed by atoms with Gasteiger partial charge in [-0.2, -0.15) is 0 Å². The summed E-state index contributed by atoms with van der Waals surface area (Å²) in [6.45, 7) is 4.40. The molecule has 6 heteroatoms. The van der Waals surface area contributed by atoms with E-state index in [1.807, 2.05) is 55.5 Å². The maximum absolute atomic E-state index is 12.1. The van der Waals surface area contributed by atoms with Crippen LogP contribution in [-0.2, 0) is 27.2 Å². The fourth-order valence-electron chi connectivity index (χ4n) is 2.93. The van der Waals surface area contributed by atoms with Crippen LogP contribution < -0.4 is 10.6 Å². The average Bonchev–Trinajstić information content (AvgIpc) is 2.72. The van der Waals surface area contributed by atoms with Crippen LogP contribution in [0.25, 0.3) is 0 Å². The molecule has 154 valence electrons. The first kappa shape index (κ1) is 22.6. The maximum atomic E-state index is 12.1. The first-order valence-corrected chi connectivity index (χ1v) is 10.3. The third-order valence-electron chi connectivity index (χ3n) is 4.50. The highest BCUT2D eigenvalue weighted by atomic mass is 32.1. The third-order valence-corrected chi connectivity index (χ3v) is 4.71. The second-order valence-electron chi connectivity index (χ2n) is 6.77. The SMILES string of the molecule is CCc1cccc(C)c1NC(=S)NC(=O)CCC(=O)OCCCc1ccccc1. The molecule has 29 heavy (non-hydrogen) atoms. The number of carbonyl (C=O) groups is 2. The number of esters is 1. The van der Waals surface area contributed by atoms with Crippen LogP contribution >= 0.6 is 12.2 Å². The molecule has 0 saturated carbocycles. The van der Waals surface area contributed by atoms with E-state index in [0.717, 1.165) is 36.1 Å². The molecule has 0 aliphatic carbocycles. The number of thiocarbonyl (C=S) groups is 1. The molecule has 1 amide bonds. The summed E-state index contributed by atoms with van der Waals surface area (Å²) in [7, 11) is 0. The molecule has 0 bridgehead atoms. The Balaban J connectivity index is 1.66. The minimum absolute atomic E-state index is 0.0321. The molecule has 0 unspecified atom stereocenters. The molecule has 0 fully saturated rings. The van der Waals surface area contributed by atoms with Gasteiger partial charge in [-0.25, -0.2) is 0 Å². The van der Waals surface area contributed by atoms with Gasteiger partial charge in [0.2, 0.25) is 5.91 Å². The zero-order valence-corrected chi connectivity index (χ0v) is 17.8. The molecule has 5 nitrogen and oxygen atoms in total. The molecule has 0 saturated heterocycles. The Morgan fingerprint density at radius 1 is 1.03 bits per heavy atom. The number of nitrogens with one attached hydrogen (secondary N) is 2. The van der Waals surface area contributed by atoms with E-state index in [4.69, 9.17) is 17.0 Å². The van der Waals surface area contributed by atoms with Crippen molar-refractivity contribution in [3.63, 3.8) is 0 Å². The Labute approximate surface area is 177 Å². The van der Waals surface area contributed by atoms with Crippen LogP contribution in [-0.4, -0.2) is 23.6 Å². The normalized spacial score (nSPS) is 10.3. The Hall–Kier alpha value is -2.73. The molecule has 0 radical (unpaired) electrons. The van der Waals surface area contributed by atoms with Gasteiger partial charge in [0.25, 0.3) is 0 Å². The lowest BCUT2D eigenvalue weighted by Crippen LogP contribution is -2.34. The predicted molar refractivity (Wildman–Crippen MR) is 120 cm³/mol. The molecule has 0 heterocycles. The Kier molecular flexibility index (Phi) is 9.31. The van der Waals surface area contributed by atoms with Gasteiger partial charge in [0.15, 0.2) is 5.11 Å². The monoisotopic (exact) mass is 412 g/mol. The number of anilines is 1. The third kappa shape index (κ3) is 8.03. The van der Waals surface area contributed by atoms with Gasteiger partial charge in [0.1, 0.15) is 0 Å². The van der Waals surface area contributed by atoms with E-state index in [1.54, 1.807) is 0 Å². The Bertz CT molecular complexity index is 837. The van der Waals surface area contributed by atoms with Gasteiger partial charge >= 0.3 is 5.97 Å².